The molecule has 1 N–H and O–H groups in total. The minimum absolute atomic E-state index is 0.00345. The molecule has 0 spiro atoms. The summed E-state index contributed by atoms with van der Waals surface area (Å²) in [6.45, 7) is 0.770. The maximum absolute atomic E-state index is 13.5. The summed E-state index contributed by atoms with van der Waals surface area (Å²) in [5, 5.41) is 3.01. The Kier molecular flexibility index (Phi) is 5.96. The number of ketones is 1. The van der Waals surface area contributed by atoms with Crippen LogP contribution in [0.3, 0.4) is 0 Å². The number of ether oxygens (including phenoxy) is 1. The Morgan fingerprint density at radius 1 is 1.24 bits per heavy atom. The van der Waals surface area contributed by atoms with Crippen LogP contribution in [-0.2, 0) is 4.79 Å². The van der Waals surface area contributed by atoms with Gasteiger partial charge in [-0.25, -0.2) is 14.4 Å². The number of hydrogen-bond acceptors (Lipinski definition) is 6. The normalized spacial score (nSPS) is 24.9. The maximum atomic E-state index is 13.5. The molecule has 4 fully saturated rings. The van der Waals surface area contributed by atoms with Gasteiger partial charge < -0.3 is 15.0 Å². The van der Waals surface area contributed by atoms with Crippen LogP contribution in [-0.4, -0.2) is 47.4 Å². The third-order valence-corrected chi connectivity index (χ3v) is 7.72. The van der Waals surface area contributed by atoms with Crippen LogP contribution in [0, 0.1) is 17.2 Å². The van der Waals surface area contributed by atoms with Crippen LogP contribution in [0.4, 0.5) is 10.2 Å². The highest BCUT2D eigenvalue weighted by molar-refractivity contribution is 6.30. The summed E-state index contributed by atoms with van der Waals surface area (Å²) in [7, 11) is 2.01. The quantitative estimate of drug-likeness (QED) is 0.507. The van der Waals surface area contributed by atoms with Crippen LogP contribution in [0.1, 0.15) is 55.4 Å². The average molecular weight is 487 g/mol. The molecule has 7 nitrogen and oxygen atoms in total. The number of Topliss-reactive ketones (excluding diaryl/α,β-unsaturated/α-hetero) is 1. The third-order valence-electron chi connectivity index (χ3n) is 7.41. The summed E-state index contributed by atoms with van der Waals surface area (Å²) >= 11 is 5.65. The first-order valence-corrected chi connectivity index (χ1v) is 12.1. The highest BCUT2D eigenvalue weighted by Crippen LogP contribution is 2.69. The predicted molar refractivity (Wildman–Crippen MR) is 126 cm³/mol. The Hall–Kier alpha value is -2.74. The summed E-state index contributed by atoms with van der Waals surface area (Å²) in [6, 6.07) is 4.05. The number of amides is 1. The molecule has 1 amide bonds. The minimum Gasteiger partial charge on any atom is -0.484 e. The van der Waals surface area contributed by atoms with E-state index in [1.807, 2.05) is 7.05 Å². The first kappa shape index (κ1) is 23.0. The summed E-state index contributed by atoms with van der Waals surface area (Å²) in [5.74, 6) is 0.913. The number of aromatic nitrogens is 2. The van der Waals surface area contributed by atoms with Crippen molar-refractivity contribution in [3.05, 3.63) is 47.1 Å². The van der Waals surface area contributed by atoms with Crippen molar-refractivity contribution in [1.29, 1.82) is 0 Å². The number of benzene rings is 1. The van der Waals surface area contributed by atoms with Gasteiger partial charge in [-0.05, 0) is 55.6 Å². The van der Waals surface area contributed by atoms with E-state index in [4.69, 9.17) is 16.3 Å². The number of anilines is 1. The molecule has 0 atom stereocenters. The molecule has 2 bridgehead atoms. The van der Waals surface area contributed by atoms with Gasteiger partial charge in [-0.15, -0.1) is 0 Å². The Bertz CT molecular complexity index is 1090. The summed E-state index contributed by atoms with van der Waals surface area (Å²) in [6.07, 6.45) is 9.83. The van der Waals surface area contributed by atoms with Crippen LogP contribution < -0.4 is 15.0 Å². The molecule has 9 heteroatoms. The van der Waals surface area contributed by atoms with E-state index in [0.717, 1.165) is 43.6 Å². The smallest absolute Gasteiger partial charge is 0.258 e. The standard InChI is InChI=1S/C25H28ClFN4O3/c1-31(11-16-3-2-4-16)22-10-28-20(9-29-22)21(32)8-24-13-25(14-24,15-24)30-23(33)12-34-17-5-6-18(26)19(27)7-17/h5-7,9-10,16H,2-4,8,11-15H2,1H3,(H,30,33). The van der Waals surface area contributed by atoms with Crippen molar-refractivity contribution in [2.45, 2.75) is 50.5 Å². The van der Waals surface area contributed by atoms with Crippen molar-refractivity contribution in [2.24, 2.45) is 11.3 Å². The first-order chi connectivity index (χ1) is 16.2. The Labute approximate surface area is 203 Å². The Morgan fingerprint density at radius 3 is 2.62 bits per heavy atom. The molecule has 0 aliphatic heterocycles. The van der Waals surface area contributed by atoms with Gasteiger partial charge in [0.05, 0.1) is 17.4 Å². The lowest BCUT2D eigenvalue weighted by Gasteiger charge is -2.70. The minimum atomic E-state index is -0.592. The molecule has 180 valence electrons. The molecule has 0 saturated heterocycles. The lowest BCUT2D eigenvalue weighted by Crippen LogP contribution is -2.75. The molecule has 4 saturated carbocycles. The van der Waals surface area contributed by atoms with Crippen molar-refractivity contribution in [3.8, 4) is 5.75 Å². The lowest BCUT2D eigenvalue weighted by atomic mass is 9.38. The molecule has 1 heterocycles. The molecule has 1 aromatic heterocycles. The summed E-state index contributed by atoms with van der Waals surface area (Å²) in [4.78, 5) is 36.0. The van der Waals surface area contributed by atoms with Gasteiger partial charge in [0.2, 0.25) is 0 Å². The highest BCUT2D eigenvalue weighted by Gasteiger charge is 2.68. The van der Waals surface area contributed by atoms with Crippen LogP contribution in [0.2, 0.25) is 5.02 Å². The fourth-order valence-corrected chi connectivity index (χ4v) is 5.73. The SMILES string of the molecule is CN(CC1CCC1)c1cnc(C(=O)CC23CC(NC(=O)COc4ccc(Cl)c(F)c4)(C2)C3)cn1. The van der Waals surface area contributed by atoms with Gasteiger partial charge >= 0.3 is 0 Å². The molecule has 0 radical (unpaired) electrons. The van der Waals surface area contributed by atoms with E-state index in [1.54, 1.807) is 12.4 Å². The van der Waals surface area contributed by atoms with E-state index in [-0.39, 0.29) is 40.0 Å². The molecule has 1 aromatic carbocycles. The number of nitrogens with zero attached hydrogens (tertiary/aromatic N) is 3. The largest absolute Gasteiger partial charge is 0.484 e. The second kappa shape index (κ2) is 8.80. The monoisotopic (exact) mass is 486 g/mol. The molecule has 4 aliphatic carbocycles. The summed E-state index contributed by atoms with van der Waals surface area (Å²) < 4.78 is 18.8. The number of hydrogen-bond donors (Lipinski definition) is 1. The van der Waals surface area contributed by atoms with Crippen molar-refractivity contribution < 1.29 is 18.7 Å². The molecule has 34 heavy (non-hydrogen) atoms. The van der Waals surface area contributed by atoms with E-state index >= 15 is 0 Å². The molecule has 6 rings (SSSR count). The third kappa shape index (κ3) is 4.60. The zero-order valence-electron chi connectivity index (χ0n) is 19.2. The van der Waals surface area contributed by atoms with Crippen LogP contribution >= 0.6 is 11.6 Å². The molecular formula is C25H28ClFN4O3. The molecule has 2 aromatic rings. The van der Waals surface area contributed by atoms with E-state index in [0.29, 0.717) is 12.1 Å². The number of carbonyl (C=O) groups excluding carboxylic acids is 2. The zero-order chi connectivity index (χ0) is 23.9. The average Bonchev–Trinajstić information content (AvgIpc) is 2.74. The van der Waals surface area contributed by atoms with Gasteiger partial charge in [0, 0.05) is 31.6 Å². The van der Waals surface area contributed by atoms with E-state index in [2.05, 4.69) is 20.2 Å². The van der Waals surface area contributed by atoms with E-state index in [1.165, 1.54) is 31.4 Å². The van der Waals surface area contributed by atoms with E-state index in [9.17, 15) is 14.0 Å². The van der Waals surface area contributed by atoms with Crippen molar-refractivity contribution in [1.82, 2.24) is 15.3 Å². The summed E-state index contributed by atoms with van der Waals surface area (Å²) in [5.41, 5.74) is 0.0738. The Balaban J connectivity index is 1.06. The first-order valence-electron chi connectivity index (χ1n) is 11.7. The van der Waals surface area contributed by atoms with Crippen LogP contribution in [0.5, 0.6) is 5.75 Å². The topological polar surface area (TPSA) is 84.4 Å². The number of rotatable bonds is 10. The molecule has 0 unspecified atom stereocenters. The van der Waals surface area contributed by atoms with Gasteiger partial charge in [0.15, 0.2) is 12.4 Å². The van der Waals surface area contributed by atoms with Crippen molar-refractivity contribution in [2.75, 3.05) is 25.1 Å². The fraction of sp³-hybridized carbons (Fsp3) is 0.520. The second-order valence-electron chi connectivity index (χ2n) is 10.3. The van der Waals surface area contributed by atoms with Gasteiger partial charge in [-0.1, -0.05) is 18.0 Å². The Morgan fingerprint density at radius 2 is 2.00 bits per heavy atom. The van der Waals surface area contributed by atoms with Crippen molar-refractivity contribution >= 4 is 29.1 Å². The van der Waals surface area contributed by atoms with E-state index < -0.39 is 5.82 Å². The van der Waals surface area contributed by atoms with Gasteiger partial charge in [0.25, 0.3) is 5.91 Å². The molecule has 4 aliphatic rings. The van der Waals surface area contributed by atoms with Gasteiger partial charge in [-0.3, -0.25) is 9.59 Å². The van der Waals surface area contributed by atoms with Gasteiger partial charge in [-0.2, -0.15) is 0 Å². The van der Waals surface area contributed by atoms with Crippen molar-refractivity contribution in [3.63, 3.8) is 0 Å². The van der Waals surface area contributed by atoms with Crippen LogP contribution in [0.15, 0.2) is 30.6 Å². The fourth-order valence-electron chi connectivity index (χ4n) is 5.62. The maximum Gasteiger partial charge on any atom is 0.258 e. The van der Waals surface area contributed by atoms with Gasteiger partial charge in [0.1, 0.15) is 23.1 Å². The van der Waals surface area contributed by atoms with Crippen LogP contribution in [0.25, 0.3) is 0 Å². The number of nitrogens with one attached hydrogen (secondary N) is 1. The zero-order valence-corrected chi connectivity index (χ0v) is 19.9. The molecular weight excluding hydrogens is 459 g/mol. The number of carbonyl (C=O) groups is 2. The lowest BCUT2D eigenvalue weighted by molar-refractivity contribution is -0.164. The highest BCUT2D eigenvalue weighted by atomic mass is 35.5. The second-order valence-corrected chi connectivity index (χ2v) is 10.7. The predicted octanol–water partition coefficient (Wildman–Crippen LogP) is 4.20. The number of halogens is 2.